The molecule has 0 aliphatic carbocycles. The molecule has 1 aromatic rings. The van der Waals surface area contributed by atoms with Crippen molar-refractivity contribution >= 4 is 11.7 Å². The molecule has 0 aliphatic heterocycles. The molecule has 1 rings (SSSR count). The lowest BCUT2D eigenvalue weighted by Crippen LogP contribution is -1.99. The topological polar surface area (TPSA) is 39.2 Å². The maximum atomic E-state index is 10.7. The van der Waals surface area contributed by atoms with E-state index in [1.165, 1.54) is 6.92 Å². The minimum atomic E-state index is -0.334. The van der Waals surface area contributed by atoms with Crippen molar-refractivity contribution in [3.63, 3.8) is 0 Å². The number of hydrogen-bond donors (Lipinski definition) is 0. The van der Waals surface area contributed by atoms with Crippen LogP contribution in [-0.2, 0) is 9.53 Å². The molecule has 0 saturated heterocycles. The molecule has 1 aromatic heterocycles. The van der Waals surface area contributed by atoms with E-state index in [0.717, 1.165) is 0 Å². The number of rotatable bonds is 2. The van der Waals surface area contributed by atoms with Gasteiger partial charge < -0.3 is 4.74 Å². The zero-order chi connectivity index (χ0) is 9.68. The zero-order valence-electron chi connectivity index (χ0n) is 7.65. The minimum absolute atomic E-state index is 0.334. The summed E-state index contributed by atoms with van der Waals surface area (Å²) in [6, 6.07) is 5.44. The highest BCUT2D eigenvalue weighted by Crippen LogP contribution is 2.12. The molecule has 13 heavy (non-hydrogen) atoms. The monoisotopic (exact) mass is 177 g/mol. The smallest absolute Gasteiger partial charge is 0.308 e. The Bertz CT molecular complexity index is 317. The highest BCUT2D eigenvalue weighted by atomic mass is 16.5. The first-order chi connectivity index (χ1) is 6.24. The summed E-state index contributed by atoms with van der Waals surface area (Å²) >= 11 is 0. The Hall–Kier alpha value is -1.64. The highest BCUT2D eigenvalue weighted by Gasteiger charge is 2.04. The standard InChI is InChI=1S/C10H11NO2/c1-3-10(13-8(2)12)9-6-4-5-7-11-9/h3-7H,1-2H3/b10-3-. The van der Waals surface area contributed by atoms with Gasteiger partial charge in [0.25, 0.3) is 0 Å². The summed E-state index contributed by atoms with van der Waals surface area (Å²) in [7, 11) is 0. The summed E-state index contributed by atoms with van der Waals surface area (Å²) in [5.41, 5.74) is 0.667. The lowest BCUT2D eigenvalue weighted by molar-refractivity contribution is -0.134. The van der Waals surface area contributed by atoms with Crippen molar-refractivity contribution in [3.05, 3.63) is 36.2 Å². The van der Waals surface area contributed by atoms with Crippen LogP contribution in [0.4, 0.5) is 0 Å². The van der Waals surface area contributed by atoms with E-state index in [2.05, 4.69) is 4.98 Å². The molecule has 0 amide bonds. The average Bonchev–Trinajstić information content (AvgIpc) is 2.15. The average molecular weight is 177 g/mol. The Morgan fingerprint density at radius 3 is 2.77 bits per heavy atom. The van der Waals surface area contributed by atoms with Crippen LogP contribution in [0.2, 0.25) is 0 Å². The van der Waals surface area contributed by atoms with Crippen molar-refractivity contribution in [2.45, 2.75) is 13.8 Å². The van der Waals surface area contributed by atoms with E-state index >= 15 is 0 Å². The quantitative estimate of drug-likeness (QED) is 0.512. The van der Waals surface area contributed by atoms with E-state index in [0.29, 0.717) is 11.5 Å². The Kier molecular flexibility index (Phi) is 3.20. The lowest BCUT2D eigenvalue weighted by atomic mass is 10.3. The van der Waals surface area contributed by atoms with Crippen LogP contribution in [0.3, 0.4) is 0 Å². The summed E-state index contributed by atoms with van der Waals surface area (Å²) in [5, 5.41) is 0. The molecule has 68 valence electrons. The summed E-state index contributed by atoms with van der Waals surface area (Å²) in [5.74, 6) is 0.159. The fourth-order valence-corrected chi connectivity index (χ4v) is 0.922. The van der Waals surface area contributed by atoms with Gasteiger partial charge in [-0.15, -0.1) is 0 Å². The van der Waals surface area contributed by atoms with Gasteiger partial charge in [-0.2, -0.15) is 0 Å². The Balaban J connectivity index is 2.86. The van der Waals surface area contributed by atoms with Crippen LogP contribution >= 0.6 is 0 Å². The molecule has 0 unspecified atom stereocenters. The van der Waals surface area contributed by atoms with Gasteiger partial charge in [0.1, 0.15) is 5.69 Å². The second-order valence-electron chi connectivity index (χ2n) is 2.46. The first-order valence-electron chi connectivity index (χ1n) is 4.00. The van der Waals surface area contributed by atoms with E-state index < -0.39 is 0 Å². The minimum Gasteiger partial charge on any atom is -0.425 e. The van der Waals surface area contributed by atoms with Gasteiger partial charge >= 0.3 is 5.97 Å². The first-order valence-corrected chi connectivity index (χ1v) is 4.00. The van der Waals surface area contributed by atoms with E-state index in [-0.39, 0.29) is 5.97 Å². The molecule has 0 N–H and O–H groups in total. The fourth-order valence-electron chi connectivity index (χ4n) is 0.922. The molecule has 3 nitrogen and oxygen atoms in total. The van der Waals surface area contributed by atoms with Crippen LogP contribution in [0, 0.1) is 0 Å². The van der Waals surface area contributed by atoms with Crippen LogP contribution in [-0.4, -0.2) is 11.0 Å². The maximum Gasteiger partial charge on any atom is 0.308 e. The summed E-state index contributed by atoms with van der Waals surface area (Å²) < 4.78 is 4.95. The van der Waals surface area contributed by atoms with Gasteiger partial charge in [0.05, 0.1) is 0 Å². The molecule has 0 atom stereocenters. The van der Waals surface area contributed by atoms with Crippen molar-refractivity contribution in [1.29, 1.82) is 0 Å². The van der Waals surface area contributed by atoms with E-state index in [1.807, 2.05) is 12.1 Å². The van der Waals surface area contributed by atoms with Crippen molar-refractivity contribution in [2.24, 2.45) is 0 Å². The number of ether oxygens (including phenoxy) is 1. The van der Waals surface area contributed by atoms with Crippen molar-refractivity contribution in [3.8, 4) is 0 Å². The molecular weight excluding hydrogens is 166 g/mol. The van der Waals surface area contributed by atoms with Gasteiger partial charge in [0.2, 0.25) is 0 Å². The Labute approximate surface area is 77.1 Å². The molecular formula is C10H11NO2. The highest BCUT2D eigenvalue weighted by molar-refractivity contribution is 5.75. The van der Waals surface area contributed by atoms with Crippen molar-refractivity contribution in [2.75, 3.05) is 0 Å². The predicted octanol–water partition coefficient (Wildman–Crippen LogP) is 2.01. The number of esters is 1. The van der Waals surface area contributed by atoms with E-state index in [4.69, 9.17) is 4.74 Å². The third-order valence-electron chi connectivity index (χ3n) is 1.43. The van der Waals surface area contributed by atoms with E-state index in [9.17, 15) is 4.79 Å². The number of carbonyl (C=O) groups excluding carboxylic acids is 1. The fraction of sp³-hybridized carbons (Fsp3) is 0.200. The first kappa shape index (κ1) is 9.45. The molecule has 0 spiro atoms. The zero-order valence-corrected chi connectivity index (χ0v) is 7.65. The molecule has 1 heterocycles. The lowest BCUT2D eigenvalue weighted by Gasteiger charge is -2.04. The van der Waals surface area contributed by atoms with Crippen LogP contribution in [0.15, 0.2) is 30.5 Å². The molecule has 0 radical (unpaired) electrons. The predicted molar refractivity (Wildman–Crippen MR) is 49.7 cm³/mol. The maximum absolute atomic E-state index is 10.7. The largest absolute Gasteiger partial charge is 0.425 e. The van der Waals surface area contributed by atoms with Crippen molar-refractivity contribution in [1.82, 2.24) is 4.98 Å². The number of carbonyl (C=O) groups is 1. The third kappa shape index (κ3) is 2.71. The van der Waals surface area contributed by atoms with Crippen LogP contribution in [0.5, 0.6) is 0 Å². The number of nitrogens with zero attached hydrogens (tertiary/aromatic N) is 1. The van der Waals surface area contributed by atoms with Gasteiger partial charge in [0, 0.05) is 13.1 Å². The Morgan fingerprint density at radius 1 is 1.54 bits per heavy atom. The number of pyridine rings is 1. The third-order valence-corrected chi connectivity index (χ3v) is 1.43. The van der Waals surface area contributed by atoms with Crippen LogP contribution in [0.1, 0.15) is 19.5 Å². The normalized spacial score (nSPS) is 11.1. The van der Waals surface area contributed by atoms with E-state index in [1.54, 1.807) is 25.3 Å². The summed E-state index contributed by atoms with van der Waals surface area (Å²) in [6.07, 6.45) is 3.37. The summed E-state index contributed by atoms with van der Waals surface area (Å²) in [4.78, 5) is 14.8. The second-order valence-corrected chi connectivity index (χ2v) is 2.46. The van der Waals surface area contributed by atoms with Crippen molar-refractivity contribution < 1.29 is 9.53 Å². The van der Waals surface area contributed by atoms with Gasteiger partial charge in [0.15, 0.2) is 5.76 Å². The Morgan fingerprint density at radius 2 is 2.31 bits per heavy atom. The molecule has 0 aliphatic rings. The molecule has 0 saturated carbocycles. The van der Waals surface area contributed by atoms with Gasteiger partial charge in [-0.05, 0) is 25.1 Å². The van der Waals surface area contributed by atoms with Gasteiger partial charge in [-0.25, -0.2) is 0 Å². The second kappa shape index (κ2) is 4.40. The number of hydrogen-bond acceptors (Lipinski definition) is 3. The molecule has 3 heteroatoms. The van der Waals surface area contributed by atoms with Crippen LogP contribution in [0.25, 0.3) is 5.76 Å². The SMILES string of the molecule is C/C=C(\OC(C)=O)c1ccccn1. The number of aromatic nitrogens is 1. The molecule has 0 fully saturated rings. The van der Waals surface area contributed by atoms with Gasteiger partial charge in [-0.1, -0.05) is 6.07 Å². The van der Waals surface area contributed by atoms with Gasteiger partial charge in [-0.3, -0.25) is 9.78 Å². The number of allylic oxidation sites excluding steroid dienone is 1. The molecule has 0 bridgehead atoms. The summed E-state index contributed by atoms with van der Waals surface area (Å²) in [6.45, 7) is 3.17. The molecule has 0 aromatic carbocycles. The van der Waals surface area contributed by atoms with Crippen LogP contribution < -0.4 is 0 Å².